The van der Waals surface area contributed by atoms with Crippen LogP contribution in [0.5, 0.6) is 0 Å². The Balaban J connectivity index is 1.66. The van der Waals surface area contributed by atoms with Gasteiger partial charge >= 0.3 is 0 Å². The molecule has 1 aromatic rings. The number of carbonyl (C=O) groups is 2. The molecule has 0 radical (unpaired) electrons. The van der Waals surface area contributed by atoms with Gasteiger partial charge in [-0.1, -0.05) is 12.1 Å². The molecule has 3 rings (SSSR count). The van der Waals surface area contributed by atoms with Gasteiger partial charge in [0.1, 0.15) is 0 Å². The van der Waals surface area contributed by atoms with Gasteiger partial charge in [0.2, 0.25) is 11.8 Å². The largest absolute Gasteiger partial charge is 0.379 e. The van der Waals surface area contributed by atoms with E-state index in [1.54, 1.807) is 4.90 Å². The maximum atomic E-state index is 12.2. The summed E-state index contributed by atoms with van der Waals surface area (Å²) >= 11 is 0. The van der Waals surface area contributed by atoms with Crippen molar-refractivity contribution in [2.24, 2.45) is 0 Å². The Labute approximate surface area is 130 Å². The third-order valence-electron chi connectivity index (χ3n) is 4.01. The van der Waals surface area contributed by atoms with E-state index in [4.69, 9.17) is 4.74 Å². The first-order chi connectivity index (χ1) is 10.7. The monoisotopic (exact) mass is 303 g/mol. The van der Waals surface area contributed by atoms with Crippen LogP contribution in [0.1, 0.15) is 12.8 Å². The van der Waals surface area contributed by atoms with Crippen LogP contribution in [0.3, 0.4) is 0 Å². The van der Waals surface area contributed by atoms with E-state index in [1.165, 1.54) is 0 Å². The predicted octanol–water partition coefficient (Wildman–Crippen LogP) is 1.08. The molecule has 1 aromatic carbocycles. The van der Waals surface area contributed by atoms with Crippen LogP contribution in [0, 0.1) is 0 Å². The Kier molecular flexibility index (Phi) is 4.70. The second kappa shape index (κ2) is 6.89. The fraction of sp³-hybridized carbons (Fsp3) is 0.500. The first kappa shape index (κ1) is 15.0. The lowest BCUT2D eigenvalue weighted by Crippen LogP contribution is -2.41. The number of para-hydroxylation sites is 2. The van der Waals surface area contributed by atoms with Crippen molar-refractivity contribution in [2.45, 2.75) is 12.8 Å². The maximum absolute atomic E-state index is 12.2. The second-order valence-electron chi connectivity index (χ2n) is 5.60. The number of morpholine rings is 1. The summed E-state index contributed by atoms with van der Waals surface area (Å²) < 4.78 is 5.28. The summed E-state index contributed by atoms with van der Waals surface area (Å²) in [5.41, 5.74) is 1.50. The molecule has 118 valence electrons. The molecule has 0 atom stereocenters. The Bertz CT molecular complexity index is 555. The van der Waals surface area contributed by atoms with Gasteiger partial charge in [-0.05, 0) is 18.6 Å². The van der Waals surface area contributed by atoms with Crippen molar-refractivity contribution in [3.05, 3.63) is 24.3 Å². The summed E-state index contributed by atoms with van der Waals surface area (Å²) in [5.74, 6) is 0.0656. The summed E-state index contributed by atoms with van der Waals surface area (Å²) in [6, 6.07) is 7.48. The Morgan fingerprint density at radius 1 is 1.18 bits per heavy atom. The fourth-order valence-electron chi connectivity index (χ4n) is 2.87. The van der Waals surface area contributed by atoms with E-state index in [0.717, 1.165) is 31.7 Å². The van der Waals surface area contributed by atoms with E-state index in [2.05, 4.69) is 10.2 Å². The van der Waals surface area contributed by atoms with Crippen LogP contribution in [0.25, 0.3) is 0 Å². The van der Waals surface area contributed by atoms with Gasteiger partial charge < -0.3 is 15.0 Å². The fourth-order valence-corrected chi connectivity index (χ4v) is 2.87. The van der Waals surface area contributed by atoms with Crippen molar-refractivity contribution in [3.63, 3.8) is 0 Å². The Hall–Kier alpha value is -1.92. The van der Waals surface area contributed by atoms with Gasteiger partial charge in [-0.15, -0.1) is 0 Å². The summed E-state index contributed by atoms with van der Waals surface area (Å²) in [4.78, 5) is 28.0. The van der Waals surface area contributed by atoms with Crippen LogP contribution in [-0.4, -0.2) is 56.1 Å². The Morgan fingerprint density at radius 2 is 1.95 bits per heavy atom. The molecule has 0 bridgehead atoms. The number of ether oxygens (including phenoxy) is 1. The molecule has 2 aliphatic heterocycles. The van der Waals surface area contributed by atoms with Crippen molar-refractivity contribution in [3.8, 4) is 0 Å². The van der Waals surface area contributed by atoms with E-state index in [0.29, 0.717) is 31.9 Å². The van der Waals surface area contributed by atoms with Crippen LogP contribution in [-0.2, 0) is 14.3 Å². The number of nitrogens with one attached hydrogen (secondary N) is 1. The van der Waals surface area contributed by atoms with E-state index >= 15 is 0 Å². The molecule has 1 N–H and O–H groups in total. The van der Waals surface area contributed by atoms with Gasteiger partial charge in [0.05, 0.1) is 31.1 Å². The second-order valence-corrected chi connectivity index (χ2v) is 5.60. The maximum Gasteiger partial charge on any atom is 0.238 e. The number of benzene rings is 1. The topological polar surface area (TPSA) is 61.9 Å². The third kappa shape index (κ3) is 3.45. The normalized spacial score (nSPS) is 19.5. The van der Waals surface area contributed by atoms with Gasteiger partial charge in [0.15, 0.2) is 0 Å². The van der Waals surface area contributed by atoms with Gasteiger partial charge in [-0.25, -0.2) is 0 Å². The van der Waals surface area contributed by atoms with Crippen LogP contribution in [0.15, 0.2) is 24.3 Å². The summed E-state index contributed by atoms with van der Waals surface area (Å²) in [6.45, 7) is 3.97. The number of hydrogen-bond acceptors (Lipinski definition) is 4. The van der Waals surface area contributed by atoms with Crippen molar-refractivity contribution < 1.29 is 14.3 Å². The predicted molar refractivity (Wildman–Crippen MR) is 83.9 cm³/mol. The zero-order chi connectivity index (χ0) is 15.4. The van der Waals surface area contributed by atoms with Crippen molar-refractivity contribution in [1.29, 1.82) is 0 Å². The highest BCUT2D eigenvalue weighted by Crippen LogP contribution is 2.29. The minimum atomic E-state index is -0.0546. The molecule has 0 aromatic heterocycles. The van der Waals surface area contributed by atoms with Crippen molar-refractivity contribution in [2.75, 3.05) is 49.6 Å². The molecular weight excluding hydrogens is 282 g/mol. The van der Waals surface area contributed by atoms with E-state index < -0.39 is 0 Å². The number of anilines is 2. The average Bonchev–Trinajstić information content (AvgIpc) is 2.95. The molecule has 6 nitrogen and oxygen atoms in total. The SMILES string of the molecule is O=C(CN1CCOCC1)Nc1ccccc1N1CCCC1=O. The summed E-state index contributed by atoms with van der Waals surface area (Å²) in [5, 5.41) is 2.94. The standard InChI is InChI=1S/C16H21N3O3/c20-15(12-18-8-10-22-11-9-18)17-13-4-1-2-5-14(13)19-7-3-6-16(19)21/h1-2,4-5H,3,6-12H2,(H,17,20). The highest BCUT2D eigenvalue weighted by Gasteiger charge is 2.24. The summed E-state index contributed by atoms with van der Waals surface area (Å²) in [6.07, 6.45) is 1.45. The molecule has 2 fully saturated rings. The van der Waals surface area contributed by atoms with Gasteiger partial charge in [-0.2, -0.15) is 0 Å². The first-order valence-corrected chi connectivity index (χ1v) is 7.73. The van der Waals surface area contributed by atoms with Crippen LogP contribution in [0.2, 0.25) is 0 Å². The molecule has 0 unspecified atom stereocenters. The van der Waals surface area contributed by atoms with E-state index in [9.17, 15) is 9.59 Å². The van der Waals surface area contributed by atoms with Gasteiger partial charge in [0, 0.05) is 26.1 Å². The molecule has 0 saturated carbocycles. The molecule has 2 amide bonds. The van der Waals surface area contributed by atoms with Crippen molar-refractivity contribution in [1.82, 2.24) is 4.90 Å². The van der Waals surface area contributed by atoms with Gasteiger partial charge in [0.25, 0.3) is 0 Å². The molecule has 2 aliphatic rings. The average molecular weight is 303 g/mol. The third-order valence-corrected chi connectivity index (χ3v) is 4.01. The number of hydrogen-bond donors (Lipinski definition) is 1. The highest BCUT2D eigenvalue weighted by molar-refractivity contribution is 6.02. The van der Waals surface area contributed by atoms with Crippen LogP contribution >= 0.6 is 0 Å². The smallest absolute Gasteiger partial charge is 0.238 e. The van der Waals surface area contributed by atoms with Crippen LogP contribution in [0.4, 0.5) is 11.4 Å². The Morgan fingerprint density at radius 3 is 2.68 bits per heavy atom. The molecule has 0 spiro atoms. The quantitative estimate of drug-likeness (QED) is 0.904. The molecule has 2 heterocycles. The highest BCUT2D eigenvalue weighted by atomic mass is 16.5. The number of carbonyl (C=O) groups excluding carboxylic acids is 2. The van der Waals surface area contributed by atoms with E-state index in [-0.39, 0.29) is 11.8 Å². The van der Waals surface area contributed by atoms with E-state index in [1.807, 2.05) is 24.3 Å². The lowest BCUT2D eigenvalue weighted by atomic mass is 10.2. The first-order valence-electron chi connectivity index (χ1n) is 7.73. The lowest BCUT2D eigenvalue weighted by molar-refractivity contribution is -0.118. The van der Waals surface area contributed by atoms with Gasteiger partial charge in [-0.3, -0.25) is 14.5 Å². The summed E-state index contributed by atoms with van der Waals surface area (Å²) in [7, 11) is 0. The van der Waals surface area contributed by atoms with Crippen molar-refractivity contribution >= 4 is 23.2 Å². The number of rotatable bonds is 4. The zero-order valence-corrected chi connectivity index (χ0v) is 12.6. The number of nitrogens with zero attached hydrogens (tertiary/aromatic N) is 2. The molecule has 0 aliphatic carbocycles. The number of amides is 2. The zero-order valence-electron chi connectivity index (χ0n) is 12.6. The minimum absolute atomic E-state index is 0.0546. The molecule has 2 saturated heterocycles. The minimum Gasteiger partial charge on any atom is -0.379 e. The lowest BCUT2D eigenvalue weighted by Gasteiger charge is -2.26. The molecular formula is C16H21N3O3. The van der Waals surface area contributed by atoms with Crippen LogP contribution < -0.4 is 10.2 Å². The molecule has 22 heavy (non-hydrogen) atoms. The molecule has 6 heteroatoms.